The highest BCUT2D eigenvalue weighted by Gasteiger charge is 2.17. The summed E-state index contributed by atoms with van der Waals surface area (Å²) in [6, 6.07) is 28.0. The standard InChI is InChI=1S/C31H22ClNO4/c32-21-12-13-27-25(16-21)26(28(34)14-15-30(35)36)18-33(27)17-19-8-10-20(11-9-19)22-5-3-6-24-23-4-1-2-7-29(23)37-31(22)24/h1-13,16,18H,14-15,17H2,(H,35,36). The summed E-state index contributed by atoms with van der Waals surface area (Å²) in [7, 11) is 0. The minimum absolute atomic E-state index is 0.0526. The number of carboxylic acid groups (broad SMARTS) is 1. The number of rotatable bonds is 7. The predicted molar refractivity (Wildman–Crippen MR) is 146 cm³/mol. The van der Waals surface area contributed by atoms with Gasteiger partial charge in [0.15, 0.2) is 5.78 Å². The summed E-state index contributed by atoms with van der Waals surface area (Å²) < 4.78 is 8.21. The summed E-state index contributed by atoms with van der Waals surface area (Å²) in [6.07, 6.45) is 1.54. The minimum atomic E-state index is -0.992. The molecule has 0 atom stereocenters. The van der Waals surface area contributed by atoms with E-state index in [4.69, 9.17) is 21.1 Å². The first-order valence-electron chi connectivity index (χ1n) is 12.0. The van der Waals surface area contributed by atoms with Gasteiger partial charge < -0.3 is 14.1 Å². The second-order valence-electron chi connectivity index (χ2n) is 9.13. The van der Waals surface area contributed by atoms with Gasteiger partial charge in [-0.25, -0.2) is 0 Å². The molecule has 4 aromatic carbocycles. The van der Waals surface area contributed by atoms with E-state index in [1.165, 1.54) is 0 Å². The molecule has 0 spiro atoms. The minimum Gasteiger partial charge on any atom is -0.481 e. The molecule has 182 valence electrons. The number of fused-ring (bicyclic) bond motifs is 4. The van der Waals surface area contributed by atoms with Crippen molar-refractivity contribution in [3.05, 3.63) is 107 Å². The van der Waals surface area contributed by atoms with Crippen molar-refractivity contribution in [2.24, 2.45) is 0 Å². The number of nitrogens with zero attached hydrogens (tertiary/aromatic N) is 1. The monoisotopic (exact) mass is 507 g/mol. The molecule has 0 saturated heterocycles. The zero-order chi connectivity index (χ0) is 25.5. The highest BCUT2D eigenvalue weighted by atomic mass is 35.5. The van der Waals surface area contributed by atoms with E-state index >= 15 is 0 Å². The number of carbonyl (C=O) groups is 2. The molecular weight excluding hydrogens is 486 g/mol. The number of ketones is 1. The molecule has 1 N–H and O–H groups in total. The van der Waals surface area contributed by atoms with Crippen molar-refractivity contribution >= 4 is 56.2 Å². The number of hydrogen-bond acceptors (Lipinski definition) is 3. The van der Waals surface area contributed by atoms with Gasteiger partial charge in [-0.15, -0.1) is 0 Å². The van der Waals surface area contributed by atoms with Gasteiger partial charge in [-0.1, -0.05) is 72.3 Å². The van der Waals surface area contributed by atoms with Crippen LogP contribution in [0.25, 0.3) is 44.0 Å². The predicted octanol–water partition coefficient (Wildman–Crippen LogP) is 7.96. The molecule has 2 heterocycles. The van der Waals surface area contributed by atoms with E-state index in [1.807, 2.05) is 34.9 Å². The highest BCUT2D eigenvalue weighted by Crippen LogP contribution is 2.36. The smallest absolute Gasteiger partial charge is 0.303 e. The molecule has 6 aromatic rings. The van der Waals surface area contributed by atoms with E-state index < -0.39 is 5.97 Å². The number of furan rings is 1. The maximum atomic E-state index is 12.8. The molecule has 37 heavy (non-hydrogen) atoms. The van der Waals surface area contributed by atoms with Crippen LogP contribution in [0.1, 0.15) is 28.8 Å². The second kappa shape index (κ2) is 9.26. The van der Waals surface area contributed by atoms with Gasteiger partial charge in [0, 0.05) is 57.0 Å². The molecule has 0 aliphatic heterocycles. The molecule has 0 bridgehead atoms. The van der Waals surface area contributed by atoms with Gasteiger partial charge in [-0.05, 0) is 35.4 Å². The number of carbonyl (C=O) groups excluding carboxylic acids is 1. The molecule has 6 heteroatoms. The number of halogens is 1. The molecule has 0 amide bonds. The molecule has 0 radical (unpaired) electrons. The number of benzene rings is 4. The van der Waals surface area contributed by atoms with E-state index in [9.17, 15) is 9.59 Å². The van der Waals surface area contributed by atoms with Crippen LogP contribution in [0.2, 0.25) is 5.02 Å². The van der Waals surface area contributed by atoms with Crippen LogP contribution in [0.15, 0.2) is 95.5 Å². The Labute approximate surface area is 217 Å². The molecule has 2 aromatic heterocycles. The quantitative estimate of drug-likeness (QED) is 0.222. The third-order valence-corrected chi connectivity index (χ3v) is 6.97. The van der Waals surface area contributed by atoms with Crippen LogP contribution in [0.4, 0.5) is 0 Å². The zero-order valence-electron chi connectivity index (χ0n) is 19.8. The lowest BCUT2D eigenvalue weighted by Gasteiger charge is -2.08. The van der Waals surface area contributed by atoms with Crippen molar-refractivity contribution in [1.82, 2.24) is 4.57 Å². The fourth-order valence-corrected chi connectivity index (χ4v) is 5.11. The maximum Gasteiger partial charge on any atom is 0.303 e. The second-order valence-corrected chi connectivity index (χ2v) is 9.56. The normalized spacial score (nSPS) is 11.5. The molecular formula is C31H22ClNO4. The Hall–Kier alpha value is -4.35. The Balaban J connectivity index is 1.33. The number of hydrogen-bond donors (Lipinski definition) is 1. The first kappa shape index (κ1) is 23.1. The van der Waals surface area contributed by atoms with Gasteiger partial charge in [0.1, 0.15) is 11.2 Å². The molecule has 0 aliphatic carbocycles. The van der Waals surface area contributed by atoms with Gasteiger partial charge >= 0.3 is 5.97 Å². The lowest BCUT2D eigenvalue weighted by atomic mass is 10.0. The lowest BCUT2D eigenvalue weighted by Crippen LogP contribution is -2.03. The van der Waals surface area contributed by atoms with Gasteiger partial charge in [-0.3, -0.25) is 9.59 Å². The molecule has 0 saturated carbocycles. The van der Waals surface area contributed by atoms with Crippen LogP contribution < -0.4 is 0 Å². The van der Waals surface area contributed by atoms with Gasteiger partial charge in [0.25, 0.3) is 0 Å². The van der Waals surface area contributed by atoms with Crippen LogP contribution in [0.5, 0.6) is 0 Å². The van der Waals surface area contributed by atoms with Gasteiger partial charge in [0.2, 0.25) is 0 Å². The average Bonchev–Trinajstić information content (AvgIpc) is 3.46. The Morgan fingerprint density at radius 1 is 0.838 bits per heavy atom. The van der Waals surface area contributed by atoms with E-state index in [0.717, 1.165) is 49.5 Å². The zero-order valence-corrected chi connectivity index (χ0v) is 20.5. The van der Waals surface area contributed by atoms with Gasteiger partial charge in [-0.2, -0.15) is 0 Å². The average molecular weight is 508 g/mol. The summed E-state index contributed by atoms with van der Waals surface area (Å²) in [4.78, 5) is 23.7. The van der Waals surface area contributed by atoms with Crippen LogP contribution in [0, 0.1) is 0 Å². The summed E-state index contributed by atoms with van der Waals surface area (Å²) in [6.45, 7) is 0.555. The highest BCUT2D eigenvalue weighted by molar-refractivity contribution is 6.31. The Morgan fingerprint density at radius 2 is 1.62 bits per heavy atom. The number of para-hydroxylation sites is 2. The van der Waals surface area contributed by atoms with E-state index in [0.29, 0.717) is 17.1 Å². The van der Waals surface area contributed by atoms with E-state index in [-0.39, 0.29) is 18.6 Å². The summed E-state index contributed by atoms with van der Waals surface area (Å²) >= 11 is 6.21. The lowest BCUT2D eigenvalue weighted by molar-refractivity contribution is -0.136. The third-order valence-electron chi connectivity index (χ3n) is 6.73. The van der Waals surface area contributed by atoms with Crippen molar-refractivity contribution < 1.29 is 19.1 Å². The third kappa shape index (κ3) is 4.28. The molecule has 0 unspecified atom stereocenters. The molecule has 5 nitrogen and oxygen atoms in total. The largest absolute Gasteiger partial charge is 0.481 e. The number of aromatic nitrogens is 1. The SMILES string of the molecule is O=C(O)CCC(=O)c1cn(Cc2ccc(-c3cccc4c3oc3ccccc34)cc2)c2ccc(Cl)cc12. The first-order valence-corrected chi connectivity index (χ1v) is 12.4. The maximum absolute atomic E-state index is 12.8. The van der Waals surface area contributed by atoms with E-state index in [1.54, 1.807) is 18.3 Å². The van der Waals surface area contributed by atoms with Crippen LogP contribution in [-0.4, -0.2) is 21.4 Å². The van der Waals surface area contributed by atoms with Crippen molar-refractivity contribution in [3.63, 3.8) is 0 Å². The van der Waals surface area contributed by atoms with Crippen LogP contribution in [-0.2, 0) is 11.3 Å². The number of carboxylic acids is 1. The van der Waals surface area contributed by atoms with Crippen LogP contribution in [0.3, 0.4) is 0 Å². The van der Waals surface area contributed by atoms with Crippen molar-refractivity contribution in [2.75, 3.05) is 0 Å². The summed E-state index contributed by atoms with van der Waals surface area (Å²) in [5, 5.41) is 12.4. The topological polar surface area (TPSA) is 72.4 Å². The first-order chi connectivity index (χ1) is 18.0. The van der Waals surface area contributed by atoms with Crippen molar-refractivity contribution in [2.45, 2.75) is 19.4 Å². The summed E-state index contributed by atoms with van der Waals surface area (Å²) in [5.41, 5.74) is 6.27. The summed E-state index contributed by atoms with van der Waals surface area (Å²) in [5.74, 6) is -1.20. The number of aliphatic carboxylic acids is 1. The molecule has 0 aliphatic rings. The Kier molecular flexibility index (Phi) is 5.78. The Bertz CT molecular complexity index is 1810. The van der Waals surface area contributed by atoms with Gasteiger partial charge in [0.05, 0.1) is 6.42 Å². The molecule has 6 rings (SSSR count). The van der Waals surface area contributed by atoms with E-state index in [2.05, 4.69) is 42.5 Å². The van der Waals surface area contributed by atoms with Crippen LogP contribution >= 0.6 is 11.6 Å². The molecule has 0 fully saturated rings. The van der Waals surface area contributed by atoms with Crippen molar-refractivity contribution in [1.29, 1.82) is 0 Å². The Morgan fingerprint density at radius 3 is 2.43 bits per heavy atom. The fraction of sp³-hybridized carbons (Fsp3) is 0.0968. The fourth-order valence-electron chi connectivity index (χ4n) is 4.94. The number of Topliss-reactive ketones (excluding diaryl/α,β-unsaturated/α-hetero) is 1. The van der Waals surface area contributed by atoms with Crippen molar-refractivity contribution in [3.8, 4) is 11.1 Å².